The molecule has 8 heteroatoms. The number of fused-ring (bicyclic) bond motifs is 2. The van der Waals surface area contributed by atoms with E-state index in [1.807, 2.05) is 0 Å². The Morgan fingerprint density at radius 3 is 2.58 bits per heavy atom. The number of halogens is 1. The first kappa shape index (κ1) is 17.2. The number of likely N-dealkylation sites (N-methyl/N-ethyl adjacent to an activating group) is 1. The van der Waals surface area contributed by atoms with Gasteiger partial charge < -0.3 is 19.3 Å². The predicted molar refractivity (Wildman–Crippen MR) is 94.2 cm³/mol. The second-order valence-corrected chi connectivity index (χ2v) is 8.10. The van der Waals surface area contributed by atoms with Crippen LogP contribution in [0.3, 0.4) is 0 Å². The number of benzene rings is 1. The van der Waals surface area contributed by atoms with Gasteiger partial charge in [-0.1, -0.05) is 15.9 Å². The molecule has 0 N–H and O–H groups in total. The predicted octanol–water partition coefficient (Wildman–Crippen LogP) is 2.21. The molecular weight excluding hydrogens is 402 g/mol. The zero-order chi connectivity index (χ0) is 18.8. The molecule has 3 heterocycles. The zero-order valence-corrected chi connectivity index (χ0v) is 16.2. The van der Waals surface area contributed by atoms with Crippen LogP contribution in [-0.2, 0) is 9.59 Å². The maximum atomic E-state index is 13.0. The summed E-state index contributed by atoms with van der Waals surface area (Å²) >= 11 is 3.54. The maximum Gasteiger partial charge on any atom is 0.246 e. The third kappa shape index (κ3) is 2.16. The number of carbonyl (C=O) groups excluding carboxylic acids is 2. The second kappa shape index (κ2) is 5.61. The Labute approximate surface area is 159 Å². The third-order valence-corrected chi connectivity index (χ3v) is 6.39. The number of rotatable bonds is 1. The highest BCUT2D eigenvalue weighted by Gasteiger charge is 2.59. The van der Waals surface area contributed by atoms with Gasteiger partial charge in [-0.05, 0) is 38.0 Å². The van der Waals surface area contributed by atoms with Crippen molar-refractivity contribution in [3.8, 4) is 17.6 Å². The molecule has 4 atom stereocenters. The summed E-state index contributed by atoms with van der Waals surface area (Å²) in [5.41, 5.74) is -0.143. The molecule has 3 aliphatic rings. The molecule has 2 amide bonds. The lowest BCUT2D eigenvalue weighted by atomic mass is 9.79. The molecule has 2 fully saturated rings. The molecule has 3 aliphatic heterocycles. The number of ether oxygens (including phenoxy) is 2. The van der Waals surface area contributed by atoms with Crippen molar-refractivity contribution in [2.75, 3.05) is 13.8 Å². The molecule has 0 aromatic heterocycles. The van der Waals surface area contributed by atoms with Gasteiger partial charge in [0.15, 0.2) is 11.5 Å². The van der Waals surface area contributed by atoms with Gasteiger partial charge in [-0.2, -0.15) is 5.26 Å². The van der Waals surface area contributed by atoms with Crippen LogP contribution < -0.4 is 9.47 Å². The van der Waals surface area contributed by atoms with Gasteiger partial charge in [-0.15, -0.1) is 0 Å². The van der Waals surface area contributed by atoms with Gasteiger partial charge in [0.25, 0.3) is 0 Å². The van der Waals surface area contributed by atoms with Crippen LogP contribution in [0.15, 0.2) is 16.6 Å². The fourth-order valence-electron chi connectivity index (χ4n) is 4.14. The van der Waals surface area contributed by atoms with Crippen LogP contribution in [0.2, 0.25) is 0 Å². The lowest BCUT2D eigenvalue weighted by Crippen LogP contribution is -2.60. The quantitative estimate of drug-likeness (QED) is 0.696. The number of amides is 2. The highest BCUT2D eigenvalue weighted by Crippen LogP contribution is 2.54. The van der Waals surface area contributed by atoms with Gasteiger partial charge >= 0.3 is 0 Å². The van der Waals surface area contributed by atoms with Gasteiger partial charge in [0.1, 0.15) is 12.1 Å². The van der Waals surface area contributed by atoms with E-state index in [9.17, 15) is 14.9 Å². The fourth-order valence-corrected chi connectivity index (χ4v) is 4.67. The van der Waals surface area contributed by atoms with Crippen molar-refractivity contribution in [1.29, 1.82) is 5.26 Å². The molecule has 4 rings (SSSR count). The normalized spacial score (nSPS) is 32.7. The van der Waals surface area contributed by atoms with Crippen molar-refractivity contribution in [3.63, 3.8) is 0 Å². The van der Waals surface area contributed by atoms with Crippen molar-refractivity contribution in [3.05, 3.63) is 22.2 Å². The summed E-state index contributed by atoms with van der Waals surface area (Å²) in [7, 11) is 1.63. The van der Waals surface area contributed by atoms with Crippen molar-refractivity contribution in [1.82, 2.24) is 9.80 Å². The summed E-state index contributed by atoms with van der Waals surface area (Å²) < 4.78 is 11.6. The minimum absolute atomic E-state index is 0.127. The minimum Gasteiger partial charge on any atom is -0.454 e. The first-order valence-corrected chi connectivity index (χ1v) is 9.17. The Bertz CT molecular complexity index is 867. The van der Waals surface area contributed by atoms with E-state index in [0.717, 1.165) is 10.0 Å². The molecular formula is C18H18BrN3O4. The van der Waals surface area contributed by atoms with Crippen LogP contribution in [-0.4, -0.2) is 47.5 Å². The average Bonchev–Trinajstić information content (AvgIpc) is 3.19. The van der Waals surface area contributed by atoms with E-state index in [0.29, 0.717) is 17.9 Å². The molecule has 0 saturated carbocycles. The molecule has 0 radical (unpaired) electrons. The van der Waals surface area contributed by atoms with Crippen LogP contribution in [0.5, 0.6) is 11.5 Å². The van der Waals surface area contributed by atoms with E-state index in [1.165, 1.54) is 4.90 Å². The highest BCUT2D eigenvalue weighted by molar-refractivity contribution is 9.10. The highest BCUT2D eigenvalue weighted by atomic mass is 79.9. The molecule has 1 aromatic carbocycles. The summed E-state index contributed by atoms with van der Waals surface area (Å²) in [4.78, 5) is 28.9. The Kier molecular flexibility index (Phi) is 3.70. The summed E-state index contributed by atoms with van der Waals surface area (Å²) in [5.74, 6) is 0.916. The number of hydrogen-bond donors (Lipinski definition) is 0. The summed E-state index contributed by atoms with van der Waals surface area (Å²) in [6.45, 7) is 3.65. The third-order valence-electron chi connectivity index (χ3n) is 5.70. The lowest BCUT2D eigenvalue weighted by molar-refractivity contribution is -0.159. The fraction of sp³-hybridized carbons (Fsp3) is 0.500. The standard InChI is InChI=1S/C18H18BrN3O4/c1-9-16(23)22-12(17(24)21(9)3)6-18(2,7-20)15(22)10-4-13-14(5-11(10)19)26-8-25-13/h4-5,9,12,15H,6,8H2,1-3H3. The Hall–Kier alpha value is -2.27. The van der Waals surface area contributed by atoms with Gasteiger partial charge in [-0.25, -0.2) is 0 Å². The first-order chi connectivity index (χ1) is 12.3. The largest absolute Gasteiger partial charge is 0.454 e. The van der Waals surface area contributed by atoms with E-state index >= 15 is 0 Å². The van der Waals surface area contributed by atoms with Gasteiger partial charge in [0, 0.05) is 11.5 Å². The molecule has 136 valence electrons. The summed E-state index contributed by atoms with van der Waals surface area (Å²) in [5, 5.41) is 9.91. The Morgan fingerprint density at radius 1 is 1.27 bits per heavy atom. The molecule has 0 bridgehead atoms. The van der Waals surface area contributed by atoms with Crippen LogP contribution in [0.1, 0.15) is 31.9 Å². The van der Waals surface area contributed by atoms with E-state index in [2.05, 4.69) is 22.0 Å². The van der Waals surface area contributed by atoms with Gasteiger partial charge in [-0.3, -0.25) is 9.59 Å². The van der Waals surface area contributed by atoms with Crippen molar-refractivity contribution in [2.24, 2.45) is 5.41 Å². The number of piperazine rings is 1. The maximum absolute atomic E-state index is 13.0. The lowest BCUT2D eigenvalue weighted by Gasteiger charge is -2.42. The molecule has 2 saturated heterocycles. The van der Waals surface area contributed by atoms with Crippen molar-refractivity contribution >= 4 is 27.7 Å². The van der Waals surface area contributed by atoms with Crippen molar-refractivity contribution < 1.29 is 19.1 Å². The van der Waals surface area contributed by atoms with Crippen LogP contribution >= 0.6 is 15.9 Å². The van der Waals surface area contributed by atoms with Crippen LogP contribution in [0.4, 0.5) is 0 Å². The number of carbonyl (C=O) groups is 2. The number of nitrogens with zero attached hydrogens (tertiary/aromatic N) is 3. The van der Waals surface area contributed by atoms with E-state index < -0.39 is 23.5 Å². The van der Waals surface area contributed by atoms with Crippen molar-refractivity contribution in [2.45, 2.75) is 38.4 Å². The average molecular weight is 420 g/mol. The van der Waals surface area contributed by atoms with Crippen LogP contribution in [0.25, 0.3) is 0 Å². The van der Waals surface area contributed by atoms with Crippen LogP contribution in [0, 0.1) is 16.7 Å². The van der Waals surface area contributed by atoms with E-state index in [1.54, 1.807) is 37.9 Å². The summed E-state index contributed by atoms with van der Waals surface area (Å²) in [6, 6.07) is 4.20. The Morgan fingerprint density at radius 2 is 1.92 bits per heavy atom. The second-order valence-electron chi connectivity index (χ2n) is 7.25. The minimum atomic E-state index is -0.892. The number of nitriles is 1. The molecule has 0 aliphatic carbocycles. The van der Waals surface area contributed by atoms with E-state index in [4.69, 9.17) is 9.47 Å². The molecule has 1 aromatic rings. The topological polar surface area (TPSA) is 82.9 Å². The number of hydrogen-bond acceptors (Lipinski definition) is 5. The van der Waals surface area contributed by atoms with Gasteiger partial charge in [0.2, 0.25) is 18.6 Å². The molecule has 4 unspecified atom stereocenters. The summed E-state index contributed by atoms with van der Waals surface area (Å²) in [6.07, 6.45) is 0.302. The van der Waals surface area contributed by atoms with Gasteiger partial charge in [0.05, 0.1) is 17.5 Å². The Balaban J connectivity index is 1.87. The molecule has 7 nitrogen and oxygen atoms in total. The first-order valence-electron chi connectivity index (χ1n) is 8.37. The molecule has 26 heavy (non-hydrogen) atoms. The van der Waals surface area contributed by atoms with E-state index in [-0.39, 0.29) is 18.6 Å². The smallest absolute Gasteiger partial charge is 0.246 e. The molecule has 0 spiro atoms. The SMILES string of the molecule is CC1C(=O)N2C(CC(C)(C#N)C2c2cc3c(cc2Br)OCO3)C(=O)N1C. The zero-order valence-electron chi connectivity index (χ0n) is 14.7. The monoisotopic (exact) mass is 419 g/mol.